The highest BCUT2D eigenvalue weighted by Crippen LogP contribution is 2.01. The third-order valence-corrected chi connectivity index (χ3v) is 1.77. The van der Waals surface area contributed by atoms with Gasteiger partial charge in [0.15, 0.2) is 0 Å². The molecule has 0 aromatic heterocycles. The highest BCUT2D eigenvalue weighted by atomic mass is 16.5. The minimum absolute atomic E-state index is 0.639. The molecule has 1 saturated heterocycles. The molecule has 1 unspecified atom stereocenters. The van der Waals surface area contributed by atoms with Crippen LogP contribution < -0.4 is 5.32 Å². The summed E-state index contributed by atoms with van der Waals surface area (Å²) in [5.41, 5.74) is 0. The number of nitrogens with one attached hydrogen (secondary N) is 1. The quantitative estimate of drug-likeness (QED) is 0.608. The van der Waals surface area contributed by atoms with Gasteiger partial charge in [0.1, 0.15) is 0 Å². The summed E-state index contributed by atoms with van der Waals surface area (Å²) in [4.78, 5) is 0. The van der Waals surface area contributed by atoms with Crippen molar-refractivity contribution >= 4 is 0 Å². The smallest absolute Gasteiger partial charge is 0.0643 e. The van der Waals surface area contributed by atoms with Crippen LogP contribution in [0.5, 0.6) is 0 Å². The van der Waals surface area contributed by atoms with E-state index in [-0.39, 0.29) is 0 Å². The molecule has 0 aliphatic carbocycles. The van der Waals surface area contributed by atoms with E-state index >= 15 is 0 Å². The maximum Gasteiger partial charge on any atom is 0.0643 e. The van der Waals surface area contributed by atoms with Crippen LogP contribution in [0, 0.1) is 0 Å². The van der Waals surface area contributed by atoms with Gasteiger partial charge >= 0.3 is 0 Å². The first-order valence-electron chi connectivity index (χ1n) is 3.66. The first-order chi connectivity index (χ1) is 4.33. The van der Waals surface area contributed by atoms with Crippen LogP contribution in [-0.4, -0.2) is 25.3 Å². The monoisotopic (exact) mass is 129 g/mol. The van der Waals surface area contributed by atoms with Gasteiger partial charge in [0.25, 0.3) is 0 Å². The van der Waals surface area contributed by atoms with Crippen LogP contribution in [-0.2, 0) is 4.74 Å². The Labute approximate surface area is 56.6 Å². The Morgan fingerprint density at radius 1 is 1.67 bits per heavy atom. The zero-order valence-corrected chi connectivity index (χ0v) is 6.18. The highest BCUT2D eigenvalue weighted by Gasteiger charge is 2.18. The molecule has 0 aromatic carbocycles. The molecule has 54 valence electrons. The summed E-state index contributed by atoms with van der Waals surface area (Å²) in [6.07, 6.45) is 1.20. The second-order valence-corrected chi connectivity index (χ2v) is 2.71. The lowest BCUT2D eigenvalue weighted by atomic mass is 10.2. The minimum atomic E-state index is 0.639. The molecule has 0 aromatic rings. The summed E-state index contributed by atoms with van der Waals surface area (Å²) >= 11 is 0. The average molecular weight is 129 g/mol. The van der Waals surface area contributed by atoms with Crippen LogP contribution in [0.3, 0.4) is 0 Å². The molecule has 0 radical (unpaired) electrons. The van der Waals surface area contributed by atoms with Crippen LogP contribution in [0.25, 0.3) is 0 Å². The molecule has 2 nitrogen and oxygen atoms in total. The van der Waals surface area contributed by atoms with Gasteiger partial charge in [-0.3, -0.25) is 0 Å². The number of rotatable bonds is 3. The van der Waals surface area contributed by atoms with Gasteiger partial charge < -0.3 is 10.1 Å². The lowest BCUT2D eigenvalue weighted by molar-refractivity contribution is -0.00926. The molecule has 0 bridgehead atoms. The summed E-state index contributed by atoms with van der Waals surface area (Å²) < 4.78 is 5.02. The number of ether oxygens (including phenoxy) is 1. The topological polar surface area (TPSA) is 21.3 Å². The fraction of sp³-hybridized carbons (Fsp3) is 1.00. The number of hydrogen-bond acceptors (Lipinski definition) is 2. The fourth-order valence-electron chi connectivity index (χ4n) is 0.852. The first-order valence-corrected chi connectivity index (χ1v) is 3.66. The molecule has 1 aliphatic rings. The molecule has 1 heterocycles. The van der Waals surface area contributed by atoms with E-state index in [2.05, 4.69) is 19.2 Å². The van der Waals surface area contributed by atoms with Crippen molar-refractivity contribution in [1.82, 2.24) is 5.32 Å². The molecular formula is C7H15NO. The second-order valence-electron chi connectivity index (χ2n) is 2.71. The average Bonchev–Trinajstić information content (AvgIpc) is 1.78. The Bertz CT molecular complexity index is 78.2. The van der Waals surface area contributed by atoms with Crippen LogP contribution in [0.4, 0.5) is 0 Å². The van der Waals surface area contributed by atoms with E-state index in [0.29, 0.717) is 12.1 Å². The highest BCUT2D eigenvalue weighted by molar-refractivity contribution is 4.75. The van der Waals surface area contributed by atoms with Gasteiger partial charge in [0.2, 0.25) is 0 Å². The van der Waals surface area contributed by atoms with Crippen molar-refractivity contribution in [2.24, 2.45) is 0 Å². The third-order valence-electron chi connectivity index (χ3n) is 1.77. The third kappa shape index (κ3) is 1.95. The van der Waals surface area contributed by atoms with Crippen molar-refractivity contribution in [3.63, 3.8) is 0 Å². The lowest BCUT2D eigenvalue weighted by Gasteiger charge is -2.29. The molecule has 2 heteroatoms. The van der Waals surface area contributed by atoms with Gasteiger partial charge in [0.05, 0.1) is 19.3 Å². The zero-order valence-electron chi connectivity index (χ0n) is 6.18. The van der Waals surface area contributed by atoms with Crippen molar-refractivity contribution in [2.45, 2.75) is 32.4 Å². The van der Waals surface area contributed by atoms with Crippen molar-refractivity contribution in [1.29, 1.82) is 0 Å². The van der Waals surface area contributed by atoms with Gasteiger partial charge in [-0.1, -0.05) is 6.92 Å². The summed E-state index contributed by atoms with van der Waals surface area (Å²) in [6, 6.07) is 1.29. The predicted molar refractivity (Wildman–Crippen MR) is 37.5 cm³/mol. The first kappa shape index (κ1) is 7.03. The molecule has 1 rings (SSSR count). The van der Waals surface area contributed by atoms with E-state index in [1.165, 1.54) is 6.42 Å². The Kier molecular flexibility index (Phi) is 2.49. The van der Waals surface area contributed by atoms with Gasteiger partial charge in [-0.05, 0) is 13.3 Å². The van der Waals surface area contributed by atoms with Crippen LogP contribution in [0.2, 0.25) is 0 Å². The maximum atomic E-state index is 5.02. The molecule has 1 atom stereocenters. The molecule has 1 fully saturated rings. The SMILES string of the molecule is CCC(C)NC1COC1. The second kappa shape index (κ2) is 3.18. The Balaban J connectivity index is 2.01. The summed E-state index contributed by atoms with van der Waals surface area (Å²) in [5, 5.41) is 3.44. The predicted octanol–water partition coefficient (Wildman–Crippen LogP) is 0.773. The summed E-state index contributed by atoms with van der Waals surface area (Å²) in [5.74, 6) is 0. The van der Waals surface area contributed by atoms with E-state index in [0.717, 1.165) is 13.2 Å². The van der Waals surface area contributed by atoms with E-state index < -0.39 is 0 Å². The zero-order chi connectivity index (χ0) is 6.69. The standard InChI is InChI=1S/C7H15NO/c1-3-6(2)8-7-4-9-5-7/h6-8H,3-5H2,1-2H3. The summed E-state index contributed by atoms with van der Waals surface area (Å²) in [7, 11) is 0. The Morgan fingerprint density at radius 3 is 2.67 bits per heavy atom. The van der Waals surface area contributed by atoms with Gasteiger partial charge in [-0.25, -0.2) is 0 Å². The van der Waals surface area contributed by atoms with Crippen LogP contribution in [0.1, 0.15) is 20.3 Å². The normalized spacial score (nSPS) is 23.3. The lowest BCUT2D eigenvalue weighted by Crippen LogP contribution is -2.49. The van der Waals surface area contributed by atoms with Crippen molar-refractivity contribution in [2.75, 3.05) is 13.2 Å². The largest absolute Gasteiger partial charge is 0.378 e. The molecule has 0 saturated carbocycles. The van der Waals surface area contributed by atoms with Crippen LogP contribution in [0.15, 0.2) is 0 Å². The van der Waals surface area contributed by atoms with Gasteiger partial charge in [-0.15, -0.1) is 0 Å². The molecule has 0 amide bonds. The molecule has 1 N–H and O–H groups in total. The Hall–Kier alpha value is -0.0800. The van der Waals surface area contributed by atoms with E-state index in [1.54, 1.807) is 0 Å². The van der Waals surface area contributed by atoms with Crippen molar-refractivity contribution in [3.05, 3.63) is 0 Å². The molecule has 1 aliphatic heterocycles. The van der Waals surface area contributed by atoms with Crippen molar-refractivity contribution in [3.8, 4) is 0 Å². The van der Waals surface area contributed by atoms with Crippen LogP contribution >= 0.6 is 0 Å². The van der Waals surface area contributed by atoms with Crippen molar-refractivity contribution < 1.29 is 4.74 Å². The maximum absolute atomic E-state index is 5.02. The Morgan fingerprint density at radius 2 is 2.33 bits per heavy atom. The molecular weight excluding hydrogens is 114 g/mol. The summed E-state index contributed by atoms with van der Waals surface area (Å²) in [6.45, 7) is 6.21. The number of hydrogen-bond donors (Lipinski definition) is 1. The molecule has 0 spiro atoms. The van der Waals surface area contributed by atoms with E-state index in [1.807, 2.05) is 0 Å². The fourth-order valence-corrected chi connectivity index (χ4v) is 0.852. The molecule has 9 heavy (non-hydrogen) atoms. The van der Waals surface area contributed by atoms with Gasteiger partial charge in [-0.2, -0.15) is 0 Å². The van der Waals surface area contributed by atoms with Gasteiger partial charge in [0, 0.05) is 6.04 Å². The van der Waals surface area contributed by atoms with E-state index in [9.17, 15) is 0 Å². The minimum Gasteiger partial charge on any atom is -0.378 e. The van der Waals surface area contributed by atoms with E-state index in [4.69, 9.17) is 4.74 Å².